The lowest BCUT2D eigenvalue weighted by Crippen LogP contribution is -2.66. The van der Waals surface area contributed by atoms with Gasteiger partial charge in [-0.15, -0.1) is 0 Å². The molecular weight excluding hydrogens is 694 g/mol. The zero-order chi connectivity index (χ0) is 36.7. The third-order valence-electron chi connectivity index (χ3n) is 10.6. The molecule has 53 heavy (non-hydrogen) atoms. The van der Waals surface area contributed by atoms with Crippen LogP contribution in [0.5, 0.6) is 17.4 Å². The number of amides is 2. The summed E-state index contributed by atoms with van der Waals surface area (Å²) in [5.41, 5.74) is 6.78. The van der Waals surface area contributed by atoms with Gasteiger partial charge in [0.15, 0.2) is 0 Å². The molecule has 2 amide bonds. The van der Waals surface area contributed by atoms with E-state index in [1.165, 1.54) is 0 Å². The molecule has 12 nitrogen and oxygen atoms in total. The van der Waals surface area contributed by atoms with Crippen molar-refractivity contribution < 1.29 is 23.8 Å². The number of halogens is 1. The number of likely N-dealkylation sites (tertiary alicyclic amines) is 1. The SMILES string of the molecule is COc1cc(-n2ncc3c(-c4cccc(-c5ccc(CN6CC7(CCC(=O)N7)C6)c(OC)n5)c4Cl)cccc32)cc(OC)c1CNC[C@@H]1CCC(=O)N1. The molecule has 5 aromatic rings. The van der Waals surface area contributed by atoms with Crippen LogP contribution in [-0.4, -0.2) is 84.0 Å². The topological polar surface area (TPSA) is 132 Å². The molecule has 13 heteroatoms. The molecule has 3 fully saturated rings. The standard InChI is InChI=1S/C40H42ClN7O5/c1-51-34-16-26(17-35(52-2)31(34)19-42-18-25-11-13-36(49)44-25)48-33-9-5-6-27(30(33)20-43-48)28-7-4-8-29(38(28)41)32-12-10-24(39(45-32)53-3)21-47-22-40(23-47)15-14-37(50)46-40/h4-10,12,16-17,20,25,42H,11,13-15,18-19,21-23H2,1-3H3,(H,44,49)(H,46,50)/t25-/m0/s1. The number of fused-ring (bicyclic) bond motifs is 1. The first kappa shape index (κ1) is 34.9. The van der Waals surface area contributed by atoms with Crippen molar-refractivity contribution in [2.45, 2.75) is 50.4 Å². The van der Waals surface area contributed by atoms with E-state index in [0.29, 0.717) is 60.6 Å². The highest BCUT2D eigenvalue weighted by Crippen LogP contribution is 2.41. The number of ether oxygens (including phenoxy) is 3. The Morgan fingerprint density at radius 1 is 0.925 bits per heavy atom. The Hall–Kier alpha value is -5.17. The lowest BCUT2D eigenvalue weighted by atomic mass is 9.88. The number of nitrogens with zero attached hydrogens (tertiary/aromatic N) is 4. The highest BCUT2D eigenvalue weighted by molar-refractivity contribution is 6.36. The molecule has 0 radical (unpaired) electrons. The molecule has 3 aliphatic heterocycles. The first-order valence-electron chi connectivity index (χ1n) is 17.9. The van der Waals surface area contributed by atoms with Crippen molar-refractivity contribution in [3.8, 4) is 45.5 Å². The summed E-state index contributed by atoms with van der Waals surface area (Å²) in [6, 6.07) is 20.1. The fourth-order valence-corrected chi connectivity index (χ4v) is 8.31. The Morgan fingerprint density at radius 3 is 2.38 bits per heavy atom. The molecule has 8 rings (SSSR count). The molecule has 2 aromatic heterocycles. The third kappa shape index (κ3) is 6.67. The number of pyridine rings is 1. The highest BCUT2D eigenvalue weighted by Gasteiger charge is 2.47. The van der Waals surface area contributed by atoms with Gasteiger partial charge in [0.1, 0.15) is 11.5 Å². The second-order valence-corrected chi connectivity index (χ2v) is 14.4. The monoisotopic (exact) mass is 735 g/mol. The first-order chi connectivity index (χ1) is 25.8. The van der Waals surface area contributed by atoms with E-state index in [4.69, 9.17) is 35.9 Å². The van der Waals surface area contributed by atoms with Gasteiger partial charge in [-0.3, -0.25) is 14.5 Å². The molecule has 3 aliphatic rings. The summed E-state index contributed by atoms with van der Waals surface area (Å²) in [6.07, 6.45) is 4.73. The minimum absolute atomic E-state index is 0.0790. The largest absolute Gasteiger partial charge is 0.496 e. The minimum atomic E-state index is -0.0790. The molecule has 274 valence electrons. The maximum atomic E-state index is 11.8. The lowest BCUT2D eigenvalue weighted by molar-refractivity contribution is -0.121. The van der Waals surface area contributed by atoms with Gasteiger partial charge in [0.25, 0.3) is 0 Å². The molecule has 0 bridgehead atoms. The van der Waals surface area contributed by atoms with Gasteiger partial charge in [-0.2, -0.15) is 5.10 Å². The van der Waals surface area contributed by atoms with Crippen molar-refractivity contribution in [2.75, 3.05) is 41.0 Å². The van der Waals surface area contributed by atoms with Crippen LogP contribution >= 0.6 is 11.6 Å². The number of hydrogen-bond donors (Lipinski definition) is 3. The Bertz CT molecular complexity index is 2190. The summed E-state index contributed by atoms with van der Waals surface area (Å²) in [7, 11) is 4.92. The van der Waals surface area contributed by atoms with Crippen molar-refractivity contribution in [3.05, 3.63) is 83.0 Å². The average Bonchev–Trinajstić information content (AvgIpc) is 3.90. The maximum absolute atomic E-state index is 11.8. The Morgan fingerprint density at radius 2 is 1.68 bits per heavy atom. The number of carbonyl (C=O) groups is 2. The van der Waals surface area contributed by atoms with Gasteiger partial charge in [-0.25, -0.2) is 9.67 Å². The highest BCUT2D eigenvalue weighted by atomic mass is 35.5. The first-order valence-corrected chi connectivity index (χ1v) is 18.2. The molecule has 0 unspecified atom stereocenters. The number of benzene rings is 3. The Labute approximate surface area is 312 Å². The summed E-state index contributed by atoms with van der Waals surface area (Å²) < 4.78 is 19.3. The van der Waals surface area contributed by atoms with Crippen LogP contribution in [0, 0.1) is 0 Å². The van der Waals surface area contributed by atoms with Gasteiger partial charge < -0.3 is 30.2 Å². The van der Waals surface area contributed by atoms with E-state index in [9.17, 15) is 9.59 Å². The van der Waals surface area contributed by atoms with Crippen LogP contribution in [0.25, 0.3) is 39.0 Å². The normalized spacial score (nSPS) is 17.9. The molecule has 3 saturated heterocycles. The second-order valence-electron chi connectivity index (χ2n) is 14.1. The van der Waals surface area contributed by atoms with Crippen molar-refractivity contribution in [1.82, 2.24) is 35.6 Å². The van der Waals surface area contributed by atoms with Crippen LogP contribution in [0.3, 0.4) is 0 Å². The Balaban J connectivity index is 1.05. The minimum Gasteiger partial charge on any atom is -0.496 e. The van der Waals surface area contributed by atoms with E-state index in [-0.39, 0.29) is 23.4 Å². The maximum Gasteiger partial charge on any atom is 0.220 e. The molecule has 3 aromatic carbocycles. The number of aromatic nitrogens is 3. The fourth-order valence-electron chi connectivity index (χ4n) is 7.99. The van der Waals surface area contributed by atoms with E-state index in [1.807, 2.05) is 71.5 Å². The van der Waals surface area contributed by atoms with Crippen molar-refractivity contribution in [2.24, 2.45) is 0 Å². The predicted molar refractivity (Wildman–Crippen MR) is 203 cm³/mol. The fraction of sp³-hybridized carbons (Fsp3) is 0.350. The van der Waals surface area contributed by atoms with Crippen LogP contribution in [0.4, 0.5) is 0 Å². The third-order valence-corrected chi connectivity index (χ3v) is 11.0. The average molecular weight is 736 g/mol. The molecular formula is C40H42ClN7O5. The number of carbonyl (C=O) groups excluding carboxylic acids is 2. The van der Waals surface area contributed by atoms with Crippen LogP contribution in [0.2, 0.25) is 5.02 Å². The number of nitrogens with one attached hydrogen (secondary N) is 3. The van der Waals surface area contributed by atoms with Crippen LogP contribution in [0.15, 0.2) is 66.9 Å². The zero-order valence-electron chi connectivity index (χ0n) is 30.0. The second kappa shape index (κ2) is 14.3. The number of hydrogen-bond acceptors (Lipinski definition) is 9. The summed E-state index contributed by atoms with van der Waals surface area (Å²) >= 11 is 7.21. The molecule has 5 heterocycles. The van der Waals surface area contributed by atoms with Crippen LogP contribution in [-0.2, 0) is 22.7 Å². The van der Waals surface area contributed by atoms with Gasteiger partial charge in [0, 0.05) is 85.8 Å². The Kier molecular flexibility index (Phi) is 9.44. The molecule has 0 saturated carbocycles. The van der Waals surface area contributed by atoms with Gasteiger partial charge in [0.2, 0.25) is 17.7 Å². The van der Waals surface area contributed by atoms with Crippen molar-refractivity contribution >= 4 is 34.3 Å². The summed E-state index contributed by atoms with van der Waals surface area (Å²) in [4.78, 5) is 30.6. The molecule has 1 atom stereocenters. The number of methoxy groups -OCH3 is 3. The van der Waals surface area contributed by atoms with E-state index < -0.39 is 0 Å². The van der Waals surface area contributed by atoms with Crippen LogP contribution < -0.4 is 30.2 Å². The van der Waals surface area contributed by atoms with E-state index in [0.717, 1.165) is 70.3 Å². The van der Waals surface area contributed by atoms with Gasteiger partial charge >= 0.3 is 0 Å². The summed E-state index contributed by atoms with van der Waals surface area (Å²) in [5.74, 6) is 2.13. The van der Waals surface area contributed by atoms with Crippen molar-refractivity contribution in [1.29, 1.82) is 0 Å². The van der Waals surface area contributed by atoms with E-state index in [2.05, 4.69) is 20.9 Å². The quantitative estimate of drug-likeness (QED) is 0.157. The van der Waals surface area contributed by atoms with Gasteiger partial charge in [-0.1, -0.05) is 48.0 Å². The van der Waals surface area contributed by atoms with Crippen LogP contribution in [0.1, 0.15) is 36.8 Å². The molecule has 0 aliphatic carbocycles. The lowest BCUT2D eigenvalue weighted by Gasteiger charge is -2.48. The summed E-state index contributed by atoms with van der Waals surface area (Å²) in [5, 5.41) is 15.9. The number of rotatable bonds is 12. The van der Waals surface area contributed by atoms with Gasteiger partial charge in [-0.05, 0) is 30.5 Å². The van der Waals surface area contributed by atoms with E-state index >= 15 is 0 Å². The zero-order valence-corrected chi connectivity index (χ0v) is 30.8. The van der Waals surface area contributed by atoms with E-state index in [1.54, 1.807) is 21.3 Å². The predicted octanol–water partition coefficient (Wildman–Crippen LogP) is 5.27. The van der Waals surface area contributed by atoms with Gasteiger partial charge in [0.05, 0.1) is 60.5 Å². The van der Waals surface area contributed by atoms with Crippen molar-refractivity contribution in [3.63, 3.8) is 0 Å². The summed E-state index contributed by atoms with van der Waals surface area (Å²) in [6.45, 7) is 3.51. The smallest absolute Gasteiger partial charge is 0.220 e. The molecule has 1 spiro atoms. The molecule has 3 N–H and O–H groups in total.